The summed E-state index contributed by atoms with van der Waals surface area (Å²) in [6.45, 7) is 3.35. The van der Waals surface area contributed by atoms with E-state index in [-0.39, 0.29) is 5.91 Å². The predicted molar refractivity (Wildman–Crippen MR) is 135 cm³/mol. The number of carbonyl (C=O) groups excluding carboxylic acids is 1. The highest BCUT2D eigenvalue weighted by Crippen LogP contribution is 2.37. The number of carbonyl (C=O) groups is 1. The van der Waals surface area contributed by atoms with Gasteiger partial charge in [-0.25, -0.2) is 4.52 Å². The maximum atomic E-state index is 12.7. The van der Waals surface area contributed by atoms with Crippen LogP contribution in [0.25, 0.3) is 38.9 Å². The van der Waals surface area contributed by atoms with Gasteiger partial charge in [0.1, 0.15) is 5.69 Å². The molecule has 0 radical (unpaired) electrons. The molecule has 0 saturated carbocycles. The number of pyridine rings is 3. The van der Waals surface area contributed by atoms with Crippen molar-refractivity contribution in [2.45, 2.75) is 6.92 Å². The van der Waals surface area contributed by atoms with Gasteiger partial charge in [0.05, 0.1) is 16.7 Å². The zero-order valence-corrected chi connectivity index (χ0v) is 19.5. The van der Waals surface area contributed by atoms with Crippen molar-refractivity contribution < 1.29 is 4.79 Å². The van der Waals surface area contributed by atoms with E-state index in [1.165, 1.54) is 0 Å². The molecule has 0 atom stereocenters. The van der Waals surface area contributed by atoms with E-state index in [4.69, 9.17) is 10.1 Å². The number of aromatic nitrogens is 4. The molecule has 7 nitrogen and oxygen atoms in total. The summed E-state index contributed by atoms with van der Waals surface area (Å²) in [6.07, 6.45) is 3.73. The van der Waals surface area contributed by atoms with Crippen molar-refractivity contribution in [1.29, 1.82) is 0 Å². The van der Waals surface area contributed by atoms with Gasteiger partial charge in [0.2, 0.25) is 0 Å². The standard InChI is InChI=1S/C27H26N6O/c1-18-7-6-8-22(30-18)26-25(24-9-4-5-15-33(24)31-26)21-12-13-28-23-17-19(10-11-20(21)23)27(34)29-14-16-32(2)3/h4-13,15,17H,14,16H2,1-3H3,(H,29,34). The van der Waals surface area contributed by atoms with Gasteiger partial charge < -0.3 is 10.2 Å². The van der Waals surface area contributed by atoms with Crippen molar-refractivity contribution in [3.63, 3.8) is 0 Å². The van der Waals surface area contributed by atoms with Crippen molar-refractivity contribution in [1.82, 2.24) is 29.8 Å². The number of nitrogens with one attached hydrogen (secondary N) is 1. The van der Waals surface area contributed by atoms with Gasteiger partial charge in [0, 0.05) is 47.7 Å². The lowest BCUT2D eigenvalue weighted by molar-refractivity contribution is 0.0951. The Kier molecular flexibility index (Phi) is 5.77. The number of rotatable bonds is 6. The zero-order valence-electron chi connectivity index (χ0n) is 19.5. The molecule has 0 bridgehead atoms. The second-order valence-corrected chi connectivity index (χ2v) is 8.57. The minimum Gasteiger partial charge on any atom is -0.351 e. The van der Waals surface area contributed by atoms with Crippen LogP contribution in [0.15, 0.2) is 73.1 Å². The lowest BCUT2D eigenvalue weighted by Gasteiger charge is -2.11. The van der Waals surface area contributed by atoms with E-state index in [0.717, 1.165) is 51.2 Å². The molecule has 34 heavy (non-hydrogen) atoms. The molecule has 0 unspecified atom stereocenters. The molecule has 4 aromatic heterocycles. The van der Waals surface area contributed by atoms with E-state index in [9.17, 15) is 4.79 Å². The molecule has 0 aliphatic carbocycles. The van der Waals surface area contributed by atoms with Crippen LogP contribution in [-0.4, -0.2) is 57.6 Å². The molecular weight excluding hydrogens is 424 g/mol. The first-order valence-electron chi connectivity index (χ1n) is 11.2. The number of hydrogen-bond donors (Lipinski definition) is 1. The first kappa shape index (κ1) is 21.7. The maximum Gasteiger partial charge on any atom is 0.251 e. The number of benzene rings is 1. The fourth-order valence-electron chi connectivity index (χ4n) is 4.12. The van der Waals surface area contributed by atoms with E-state index in [0.29, 0.717) is 12.1 Å². The van der Waals surface area contributed by atoms with Crippen LogP contribution in [0.5, 0.6) is 0 Å². The molecule has 7 heteroatoms. The van der Waals surface area contributed by atoms with Crippen molar-refractivity contribution in [2.24, 2.45) is 0 Å². The van der Waals surface area contributed by atoms with Gasteiger partial charge in [-0.2, -0.15) is 5.10 Å². The Labute approximate surface area is 198 Å². The highest BCUT2D eigenvalue weighted by molar-refractivity contribution is 6.05. The van der Waals surface area contributed by atoms with Crippen molar-refractivity contribution in [3.05, 3.63) is 84.3 Å². The summed E-state index contributed by atoms with van der Waals surface area (Å²) in [7, 11) is 3.96. The average molecular weight is 451 g/mol. The second-order valence-electron chi connectivity index (χ2n) is 8.57. The lowest BCUT2D eigenvalue weighted by atomic mass is 9.97. The quantitative estimate of drug-likeness (QED) is 0.419. The van der Waals surface area contributed by atoms with Crippen LogP contribution in [0.4, 0.5) is 0 Å². The minimum atomic E-state index is -0.100. The van der Waals surface area contributed by atoms with E-state index < -0.39 is 0 Å². The monoisotopic (exact) mass is 450 g/mol. The maximum absolute atomic E-state index is 12.7. The Bertz CT molecular complexity index is 1500. The van der Waals surface area contributed by atoms with Gasteiger partial charge in [-0.15, -0.1) is 0 Å². The fraction of sp³-hybridized carbons (Fsp3) is 0.185. The number of nitrogens with zero attached hydrogens (tertiary/aromatic N) is 5. The molecule has 5 aromatic rings. The van der Waals surface area contributed by atoms with Crippen LogP contribution in [0.2, 0.25) is 0 Å². The molecular formula is C27H26N6O. The van der Waals surface area contributed by atoms with Crippen molar-refractivity contribution in [2.75, 3.05) is 27.2 Å². The number of likely N-dealkylation sites (N-methyl/N-ethyl adjacent to an activating group) is 1. The summed E-state index contributed by atoms with van der Waals surface area (Å²) >= 11 is 0. The SMILES string of the molecule is Cc1cccc(-c2nn3ccccc3c2-c2ccnc3cc(C(=O)NCCN(C)C)ccc23)n1. The number of hydrogen-bond acceptors (Lipinski definition) is 5. The van der Waals surface area contributed by atoms with Gasteiger partial charge in [0.25, 0.3) is 5.91 Å². The smallest absolute Gasteiger partial charge is 0.251 e. The molecule has 0 fully saturated rings. The van der Waals surface area contributed by atoms with E-state index in [1.54, 1.807) is 6.20 Å². The average Bonchev–Trinajstić information content (AvgIpc) is 3.22. The molecule has 0 saturated heterocycles. The first-order chi connectivity index (χ1) is 16.5. The molecule has 0 spiro atoms. The van der Waals surface area contributed by atoms with Crippen LogP contribution in [0, 0.1) is 6.92 Å². The lowest BCUT2D eigenvalue weighted by Crippen LogP contribution is -2.31. The summed E-state index contributed by atoms with van der Waals surface area (Å²) in [6, 6.07) is 19.7. The highest BCUT2D eigenvalue weighted by Gasteiger charge is 2.20. The second kappa shape index (κ2) is 9.03. The Morgan fingerprint density at radius 3 is 2.76 bits per heavy atom. The van der Waals surface area contributed by atoms with Crippen molar-refractivity contribution in [3.8, 4) is 22.5 Å². The highest BCUT2D eigenvalue weighted by atomic mass is 16.1. The molecule has 1 amide bonds. The molecule has 0 aliphatic heterocycles. The Hall–Kier alpha value is -4.10. The van der Waals surface area contributed by atoms with Crippen LogP contribution >= 0.6 is 0 Å². The summed E-state index contributed by atoms with van der Waals surface area (Å²) in [5, 5.41) is 8.79. The van der Waals surface area contributed by atoms with E-state index in [2.05, 4.69) is 16.4 Å². The third-order valence-electron chi connectivity index (χ3n) is 5.79. The van der Waals surface area contributed by atoms with E-state index >= 15 is 0 Å². The van der Waals surface area contributed by atoms with Gasteiger partial charge in [-0.1, -0.05) is 18.2 Å². The van der Waals surface area contributed by atoms with Gasteiger partial charge in [-0.05, 0) is 69.0 Å². The van der Waals surface area contributed by atoms with Crippen LogP contribution in [0.3, 0.4) is 0 Å². The predicted octanol–water partition coefficient (Wildman–Crippen LogP) is 4.21. The topological polar surface area (TPSA) is 75.4 Å². The molecule has 1 N–H and O–H groups in total. The number of fused-ring (bicyclic) bond motifs is 2. The molecule has 170 valence electrons. The normalized spacial score (nSPS) is 11.4. The molecule has 4 heterocycles. The Balaban J connectivity index is 1.63. The Morgan fingerprint density at radius 2 is 1.94 bits per heavy atom. The zero-order chi connectivity index (χ0) is 23.7. The number of aryl methyl sites for hydroxylation is 1. The van der Waals surface area contributed by atoms with Crippen molar-refractivity contribution >= 4 is 22.3 Å². The first-order valence-corrected chi connectivity index (χ1v) is 11.2. The van der Waals surface area contributed by atoms with E-state index in [1.807, 2.05) is 91.2 Å². The summed E-state index contributed by atoms with van der Waals surface area (Å²) in [4.78, 5) is 24.0. The van der Waals surface area contributed by atoms with Crippen LogP contribution in [0.1, 0.15) is 16.1 Å². The minimum absolute atomic E-state index is 0.100. The Morgan fingerprint density at radius 1 is 1.06 bits per heavy atom. The summed E-state index contributed by atoms with van der Waals surface area (Å²) in [5.41, 5.74) is 6.91. The number of amides is 1. The van der Waals surface area contributed by atoms with Crippen LogP contribution in [-0.2, 0) is 0 Å². The van der Waals surface area contributed by atoms with Gasteiger partial charge in [-0.3, -0.25) is 14.8 Å². The summed E-state index contributed by atoms with van der Waals surface area (Å²) < 4.78 is 1.88. The molecule has 1 aromatic carbocycles. The molecule has 0 aliphatic rings. The molecule has 5 rings (SSSR count). The van der Waals surface area contributed by atoms with Gasteiger partial charge in [0.15, 0.2) is 0 Å². The van der Waals surface area contributed by atoms with Gasteiger partial charge >= 0.3 is 0 Å². The summed E-state index contributed by atoms with van der Waals surface area (Å²) in [5.74, 6) is -0.100. The fourth-order valence-corrected chi connectivity index (χ4v) is 4.12. The third kappa shape index (κ3) is 4.13. The largest absolute Gasteiger partial charge is 0.351 e. The van der Waals surface area contributed by atoms with Crippen LogP contribution < -0.4 is 5.32 Å². The third-order valence-corrected chi connectivity index (χ3v) is 5.79.